The Morgan fingerprint density at radius 3 is 2.26 bits per heavy atom. The Kier molecular flexibility index (Phi) is 6.67. The molecule has 3 heterocycles. The number of aromatic nitrogens is 2. The molecule has 2 amide bonds. The van der Waals surface area contributed by atoms with E-state index in [0.29, 0.717) is 23.1 Å². The fraction of sp³-hybridized carbons (Fsp3) is 0.231. The number of benzene rings is 2. The van der Waals surface area contributed by atoms with Crippen LogP contribution in [0, 0.1) is 0 Å². The molecule has 1 aromatic heterocycles. The molecule has 178 valence electrons. The van der Waals surface area contributed by atoms with Gasteiger partial charge in [0.1, 0.15) is 5.82 Å². The van der Waals surface area contributed by atoms with Crippen molar-refractivity contribution < 1.29 is 9.59 Å². The number of nitrogens with one attached hydrogen (secondary N) is 1. The van der Waals surface area contributed by atoms with E-state index in [4.69, 9.17) is 9.97 Å². The van der Waals surface area contributed by atoms with Crippen LogP contribution in [0.5, 0.6) is 0 Å². The first-order valence-electron chi connectivity index (χ1n) is 11.5. The lowest BCUT2D eigenvalue weighted by Gasteiger charge is -2.36. The van der Waals surface area contributed by atoms with Crippen molar-refractivity contribution in [1.29, 1.82) is 0 Å². The number of hydrogen-bond acceptors (Lipinski definition) is 8. The minimum Gasteiger partial charge on any atom is -0.368 e. The van der Waals surface area contributed by atoms with E-state index in [2.05, 4.69) is 56.4 Å². The second-order valence-corrected chi connectivity index (χ2v) is 9.47. The van der Waals surface area contributed by atoms with Crippen molar-refractivity contribution in [2.24, 2.45) is 0 Å². The second kappa shape index (κ2) is 10.2. The third-order valence-corrected chi connectivity index (χ3v) is 6.79. The molecule has 35 heavy (non-hydrogen) atoms. The van der Waals surface area contributed by atoms with Crippen LogP contribution >= 0.6 is 11.8 Å². The zero-order valence-corrected chi connectivity index (χ0v) is 20.2. The van der Waals surface area contributed by atoms with Crippen LogP contribution in [0.25, 0.3) is 6.08 Å². The van der Waals surface area contributed by atoms with Crippen molar-refractivity contribution in [3.63, 3.8) is 0 Å². The van der Waals surface area contributed by atoms with E-state index in [-0.39, 0.29) is 5.24 Å². The van der Waals surface area contributed by atoms with Gasteiger partial charge in [0, 0.05) is 51.5 Å². The average Bonchev–Trinajstić information content (AvgIpc) is 3.21. The topological polar surface area (TPSA) is 81.7 Å². The van der Waals surface area contributed by atoms with Gasteiger partial charge >= 0.3 is 0 Å². The number of piperazine rings is 1. The summed E-state index contributed by atoms with van der Waals surface area (Å²) in [5, 5.41) is 1.94. The van der Waals surface area contributed by atoms with E-state index < -0.39 is 5.91 Å². The van der Waals surface area contributed by atoms with Crippen molar-refractivity contribution in [3.8, 4) is 0 Å². The number of carbonyl (C=O) groups excluding carboxylic acids is 2. The predicted octanol–water partition coefficient (Wildman–Crippen LogP) is 3.76. The van der Waals surface area contributed by atoms with Crippen LogP contribution in [-0.2, 0) is 11.3 Å². The maximum atomic E-state index is 12.1. The summed E-state index contributed by atoms with van der Waals surface area (Å²) in [7, 11) is 1.99. The molecule has 2 saturated heterocycles. The summed E-state index contributed by atoms with van der Waals surface area (Å²) in [5.74, 6) is 0.985. The lowest BCUT2D eigenvalue weighted by atomic mass is 10.2. The Morgan fingerprint density at radius 1 is 0.943 bits per heavy atom. The molecule has 0 radical (unpaired) electrons. The molecule has 2 aliphatic heterocycles. The van der Waals surface area contributed by atoms with Crippen molar-refractivity contribution in [2.45, 2.75) is 6.54 Å². The minimum absolute atomic E-state index is 0.338. The Bertz CT molecular complexity index is 1240. The summed E-state index contributed by atoms with van der Waals surface area (Å²) in [5.41, 5.74) is 2.98. The summed E-state index contributed by atoms with van der Waals surface area (Å²) in [6.07, 6.45) is 1.66. The van der Waals surface area contributed by atoms with Crippen molar-refractivity contribution in [1.82, 2.24) is 15.3 Å². The summed E-state index contributed by atoms with van der Waals surface area (Å²) in [4.78, 5) is 40.3. The molecule has 3 aromatic rings. The van der Waals surface area contributed by atoms with Crippen LogP contribution in [0.3, 0.4) is 0 Å². The first kappa shape index (κ1) is 22.9. The number of imide groups is 1. The van der Waals surface area contributed by atoms with Gasteiger partial charge in [-0.25, -0.2) is 4.98 Å². The molecule has 5 rings (SSSR count). The van der Waals surface area contributed by atoms with Gasteiger partial charge in [0.15, 0.2) is 0 Å². The minimum atomic E-state index is -0.393. The largest absolute Gasteiger partial charge is 0.368 e. The molecule has 2 fully saturated rings. The molecule has 0 aliphatic carbocycles. The fourth-order valence-electron chi connectivity index (χ4n) is 4.15. The zero-order chi connectivity index (χ0) is 24.2. The number of rotatable bonds is 6. The molecule has 1 N–H and O–H groups in total. The summed E-state index contributed by atoms with van der Waals surface area (Å²) < 4.78 is 0. The molecule has 0 unspecified atom stereocenters. The molecule has 2 aromatic carbocycles. The average molecular weight is 487 g/mol. The van der Waals surface area contributed by atoms with Gasteiger partial charge < -0.3 is 14.7 Å². The standard InChI is InChI=1S/C26H26N6O2S/c1-30(18-19-8-4-2-5-9-19)23-17-20(16-22-24(33)29-26(34)35-22)27-25(28-23)32-14-12-31(13-15-32)21-10-6-3-7-11-21/h2-11,16-17H,12-15,18H2,1H3,(H,29,33,34). The lowest BCUT2D eigenvalue weighted by molar-refractivity contribution is -0.115. The number of carbonyl (C=O) groups is 2. The second-order valence-electron chi connectivity index (χ2n) is 8.45. The Balaban J connectivity index is 1.41. The Labute approximate surface area is 208 Å². The van der Waals surface area contributed by atoms with E-state index >= 15 is 0 Å². The highest BCUT2D eigenvalue weighted by atomic mass is 32.2. The monoisotopic (exact) mass is 486 g/mol. The summed E-state index contributed by atoms with van der Waals surface area (Å²) in [6.45, 7) is 3.97. The number of anilines is 3. The Hall–Kier alpha value is -3.85. The van der Waals surface area contributed by atoms with Gasteiger partial charge in [-0.3, -0.25) is 14.9 Å². The molecule has 0 bridgehead atoms. The van der Waals surface area contributed by atoms with Crippen LogP contribution in [0.2, 0.25) is 0 Å². The quantitative estimate of drug-likeness (QED) is 0.528. The SMILES string of the molecule is CN(Cc1ccccc1)c1cc(C=C2SC(=O)NC2=O)nc(N2CCN(c3ccccc3)CC2)n1. The van der Waals surface area contributed by atoms with Gasteiger partial charge in [-0.05, 0) is 35.5 Å². The van der Waals surface area contributed by atoms with E-state index in [1.54, 1.807) is 6.08 Å². The maximum absolute atomic E-state index is 12.1. The first-order valence-corrected chi connectivity index (χ1v) is 12.3. The highest BCUT2D eigenvalue weighted by Gasteiger charge is 2.26. The summed E-state index contributed by atoms with van der Waals surface area (Å²) >= 11 is 0.892. The van der Waals surface area contributed by atoms with Crippen LogP contribution in [0.4, 0.5) is 22.2 Å². The predicted molar refractivity (Wildman–Crippen MR) is 141 cm³/mol. The smallest absolute Gasteiger partial charge is 0.290 e. The third kappa shape index (κ3) is 5.46. The van der Waals surface area contributed by atoms with Crippen molar-refractivity contribution >= 4 is 46.4 Å². The molecule has 2 aliphatic rings. The number of nitrogens with zero attached hydrogens (tertiary/aromatic N) is 5. The molecular weight excluding hydrogens is 460 g/mol. The molecular formula is C26H26N6O2S. The highest BCUT2D eigenvalue weighted by molar-refractivity contribution is 8.18. The maximum Gasteiger partial charge on any atom is 0.290 e. The van der Waals surface area contributed by atoms with Crippen LogP contribution in [0.15, 0.2) is 71.6 Å². The molecule has 0 atom stereocenters. The van der Waals surface area contributed by atoms with Gasteiger partial charge in [-0.2, -0.15) is 4.98 Å². The van der Waals surface area contributed by atoms with E-state index in [0.717, 1.165) is 43.8 Å². The summed E-state index contributed by atoms with van der Waals surface area (Å²) in [6, 6.07) is 22.4. The normalized spacial score (nSPS) is 17.1. The van der Waals surface area contributed by atoms with Gasteiger partial charge in [-0.15, -0.1) is 0 Å². The highest BCUT2D eigenvalue weighted by Crippen LogP contribution is 2.27. The molecule has 8 nitrogen and oxygen atoms in total. The Morgan fingerprint density at radius 2 is 1.60 bits per heavy atom. The number of hydrogen-bond donors (Lipinski definition) is 1. The number of para-hydroxylation sites is 1. The third-order valence-electron chi connectivity index (χ3n) is 5.98. The van der Waals surface area contributed by atoms with Crippen molar-refractivity contribution in [3.05, 3.63) is 82.9 Å². The van der Waals surface area contributed by atoms with E-state index in [1.165, 1.54) is 11.3 Å². The first-order chi connectivity index (χ1) is 17.0. The van der Waals surface area contributed by atoms with Gasteiger partial charge in [-0.1, -0.05) is 48.5 Å². The van der Waals surface area contributed by atoms with Crippen LogP contribution in [0.1, 0.15) is 11.3 Å². The lowest BCUT2D eigenvalue weighted by Crippen LogP contribution is -2.47. The molecule has 0 saturated carbocycles. The van der Waals surface area contributed by atoms with Gasteiger partial charge in [0.2, 0.25) is 5.95 Å². The fourth-order valence-corrected chi connectivity index (χ4v) is 4.81. The number of thioether (sulfide) groups is 1. The van der Waals surface area contributed by atoms with Crippen LogP contribution in [-0.4, -0.2) is 54.3 Å². The zero-order valence-electron chi connectivity index (χ0n) is 19.4. The van der Waals surface area contributed by atoms with Crippen molar-refractivity contribution in [2.75, 3.05) is 47.9 Å². The van der Waals surface area contributed by atoms with Gasteiger partial charge in [0.05, 0.1) is 10.6 Å². The van der Waals surface area contributed by atoms with Gasteiger partial charge in [0.25, 0.3) is 11.1 Å². The number of amides is 2. The molecule has 0 spiro atoms. The van der Waals surface area contributed by atoms with E-state index in [1.807, 2.05) is 37.4 Å². The van der Waals surface area contributed by atoms with E-state index in [9.17, 15) is 9.59 Å². The van der Waals surface area contributed by atoms with Crippen LogP contribution < -0.4 is 20.0 Å². The molecule has 9 heteroatoms.